The van der Waals surface area contributed by atoms with Gasteiger partial charge in [0.15, 0.2) is 0 Å². The molecule has 0 nitrogen and oxygen atoms in total. The lowest BCUT2D eigenvalue weighted by Gasteiger charge is -2.53. The molecule has 220 valence electrons. The Labute approximate surface area is 275 Å². The van der Waals surface area contributed by atoms with E-state index >= 15 is 0 Å². The van der Waals surface area contributed by atoms with E-state index in [0.717, 1.165) is 0 Å². The molecule has 8 aromatic rings. The van der Waals surface area contributed by atoms with Gasteiger partial charge in [-0.2, -0.15) is 0 Å². The van der Waals surface area contributed by atoms with Crippen molar-refractivity contribution in [3.8, 4) is 44.5 Å². The first kappa shape index (κ1) is 26.5. The first-order valence-corrected chi connectivity index (χ1v) is 16.6. The Morgan fingerprint density at radius 3 is 1.06 bits per heavy atom. The molecule has 0 unspecified atom stereocenters. The van der Waals surface area contributed by atoms with Crippen LogP contribution in [0.3, 0.4) is 0 Å². The Hall–Kier alpha value is -5.72. The van der Waals surface area contributed by atoms with Gasteiger partial charge in [0.05, 0.1) is 5.41 Å². The molecular weight excluding hydrogens is 565 g/mol. The zero-order chi connectivity index (χ0) is 31.3. The summed E-state index contributed by atoms with van der Waals surface area (Å²) in [5, 5.41) is 5.46. The highest BCUT2D eigenvalue weighted by atomic mass is 14.6. The molecule has 0 radical (unpaired) electrons. The van der Waals surface area contributed by atoms with Crippen molar-refractivity contribution in [2.24, 2.45) is 0 Å². The van der Waals surface area contributed by atoms with Crippen LogP contribution in [0.4, 0.5) is 0 Å². The number of benzene rings is 8. The summed E-state index contributed by atoms with van der Waals surface area (Å²) in [5.41, 5.74) is 18.3. The van der Waals surface area contributed by atoms with Crippen LogP contribution in [0.2, 0.25) is 0 Å². The number of fused-ring (bicyclic) bond motifs is 4. The molecule has 2 aliphatic carbocycles. The summed E-state index contributed by atoms with van der Waals surface area (Å²) in [6.07, 6.45) is 0. The third kappa shape index (κ3) is 3.59. The van der Waals surface area contributed by atoms with Crippen molar-refractivity contribution in [3.63, 3.8) is 0 Å². The quantitative estimate of drug-likeness (QED) is 0.190. The van der Waals surface area contributed by atoms with Crippen LogP contribution in [0, 0.1) is 13.8 Å². The summed E-state index contributed by atoms with van der Waals surface area (Å²) >= 11 is 0. The van der Waals surface area contributed by atoms with Gasteiger partial charge < -0.3 is 0 Å². The van der Waals surface area contributed by atoms with Gasteiger partial charge in [0.1, 0.15) is 0 Å². The van der Waals surface area contributed by atoms with Crippen LogP contribution in [-0.4, -0.2) is 0 Å². The van der Waals surface area contributed by atoms with Gasteiger partial charge in [-0.15, -0.1) is 0 Å². The van der Waals surface area contributed by atoms with Gasteiger partial charge in [0.25, 0.3) is 0 Å². The third-order valence-electron chi connectivity index (χ3n) is 10.8. The minimum absolute atomic E-state index is 0.284. The van der Waals surface area contributed by atoms with Gasteiger partial charge in [-0.1, -0.05) is 109 Å². The van der Waals surface area contributed by atoms with Gasteiger partial charge in [0.2, 0.25) is 0 Å². The van der Waals surface area contributed by atoms with Gasteiger partial charge in [-0.3, -0.25) is 0 Å². The highest BCUT2D eigenvalue weighted by Crippen LogP contribution is 2.66. The lowest BCUT2D eigenvalue weighted by molar-refractivity contribution is 0.702. The lowest BCUT2D eigenvalue weighted by Crippen LogP contribution is -2.44. The molecule has 0 heteroatoms. The van der Waals surface area contributed by atoms with Crippen LogP contribution in [0.1, 0.15) is 33.4 Å². The van der Waals surface area contributed by atoms with Crippen molar-refractivity contribution in [1.29, 1.82) is 0 Å². The summed E-state index contributed by atoms with van der Waals surface area (Å²) in [6.45, 7) is 4.46. The summed E-state index contributed by atoms with van der Waals surface area (Å²) in [4.78, 5) is 0. The normalized spacial score (nSPS) is 13.5. The molecule has 0 aliphatic heterocycles. The highest BCUT2D eigenvalue weighted by Gasteiger charge is 2.55. The Balaban J connectivity index is 1.32. The van der Waals surface area contributed by atoms with Gasteiger partial charge in [-0.05, 0) is 162 Å². The molecule has 0 amide bonds. The van der Waals surface area contributed by atoms with Crippen molar-refractivity contribution in [1.82, 2.24) is 0 Å². The van der Waals surface area contributed by atoms with Gasteiger partial charge in [-0.25, -0.2) is 0 Å². The molecule has 0 heterocycles. The molecule has 10 rings (SSSR count). The number of rotatable bonds is 4. The molecule has 47 heavy (non-hydrogen) atoms. The predicted molar refractivity (Wildman–Crippen MR) is 198 cm³/mol. The van der Waals surface area contributed by atoms with E-state index in [-0.39, 0.29) is 5.41 Å². The average molecular weight is 597 g/mol. The average Bonchev–Trinajstić information content (AvgIpc) is 3.11. The predicted octanol–water partition coefficient (Wildman–Crippen LogP) is 12.3. The smallest absolute Gasteiger partial charge is 0.0622 e. The topological polar surface area (TPSA) is 0 Å². The zero-order valence-electron chi connectivity index (χ0n) is 26.5. The maximum absolute atomic E-state index is 2.50. The highest BCUT2D eigenvalue weighted by molar-refractivity contribution is 6.14. The van der Waals surface area contributed by atoms with Crippen LogP contribution in [-0.2, 0) is 5.41 Å². The first-order valence-electron chi connectivity index (χ1n) is 16.6. The fourth-order valence-electron chi connectivity index (χ4n) is 8.66. The second kappa shape index (κ2) is 9.64. The SMILES string of the molecule is Cc1ccccc1-c1cc2c3c(cc(-c4ccccc4)cc3c1)C21c2cc(-c3ccccc3)cc3cc(-c4ccccc4C)cc1c23. The van der Waals surface area contributed by atoms with E-state index < -0.39 is 0 Å². The van der Waals surface area contributed by atoms with Gasteiger partial charge >= 0.3 is 0 Å². The van der Waals surface area contributed by atoms with Crippen LogP contribution in [0.5, 0.6) is 0 Å². The number of hydrogen-bond acceptors (Lipinski definition) is 0. The standard InChI is InChI=1S/C47H32/c1-29-13-9-11-19-39(29)35-23-37-21-33(31-15-5-3-6-16-31)25-41-45(37)43(27-35)47(41)42-26-34(32-17-7-4-8-18-32)22-38-24-36(28-44(47)46(38)42)40-20-12-10-14-30(40)2/h3-28H,1-2H3. The monoisotopic (exact) mass is 596 g/mol. The first-order chi connectivity index (χ1) is 23.1. The minimum atomic E-state index is -0.284. The largest absolute Gasteiger partial charge is 0.0726 e. The summed E-state index contributed by atoms with van der Waals surface area (Å²) in [6, 6.07) is 59.0. The van der Waals surface area contributed by atoms with Crippen molar-refractivity contribution < 1.29 is 0 Å². The van der Waals surface area contributed by atoms with Crippen molar-refractivity contribution in [3.05, 3.63) is 191 Å². The molecule has 0 aromatic heterocycles. The lowest BCUT2D eigenvalue weighted by atomic mass is 9.48. The van der Waals surface area contributed by atoms with E-state index in [1.54, 1.807) is 0 Å². The molecule has 1 spiro atoms. The summed E-state index contributed by atoms with van der Waals surface area (Å²) in [5.74, 6) is 0. The molecule has 0 saturated heterocycles. The van der Waals surface area contributed by atoms with Crippen LogP contribution in [0.25, 0.3) is 66.1 Å². The van der Waals surface area contributed by atoms with E-state index in [0.29, 0.717) is 0 Å². The maximum Gasteiger partial charge on any atom is 0.0726 e. The van der Waals surface area contributed by atoms with E-state index in [4.69, 9.17) is 0 Å². The summed E-state index contributed by atoms with van der Waals surface area (Å²) < 4.78 is 0. The van der Waals surface area contributed by atoms with E-state index in [1.807, 2.05) is 0 Å². The molecular formula is C47H32. The van der Waals surface area contributed by atoms with E-state index in [9.17, 15) is 0 Å². The van der Waals surface area contributed by atoms with Crippen molar-refractivity contribution in [2.45, 2.75) is 19.3 Å². The molecule has 0 N–H and O–H groups in total. The second-order valence-electron chi connectivity index (χ2n) is 13.4. The zero-order valence-corrected chi connectivity index (χ0v) is 26.5. The van der Waals surface area contributed by atoms with Crippen molar-refractivity contribution >= 4 is 21.5 Å². The van der Waals surface area contributed by atoms with E-state index in [1.165, 1.54) is 99.4 Å². The fraction of sp³-hybridized carbons (Fsp3) is 0.0638. The van der Waals surface area contributed by atoms with Crippen LogP contribution in [0.15, 0.2) is 158 Å². The minimum Gasteiger partial charge on any atom is -0.0622 e. The van der Waals surface area contributed by atoms with E-state index in [2.05, 4.69) is 172 Å². The van der Waals surface area contributed by atoms with Gasteiger partial charge in [0, 0.05) is 0 Å². The molecule has 8 aromatic carbocycles. The third-order valence-corrected chi connectivity index (χ3v) is 10.8. The molecule has 2 aliphatic rings. The Kier molecular flexibility index (Phi) is 5.44. The second-order valence-corrected chi connectivity index (χ2v) is 13.4. The molecule has 0 saturated carbocycles. The number of hydrogen-bond donors (Lipinski definition) is 0. The fourth-order valence-corrected chi connectivity index (χ4v) is 8.66. The summed E-state index contributed by atoms with van der Waals surface area (Å²) in [7, 11) is 0. The maximum atomic E-state index is 2.50. The van der Waals surface area contributed by atoms with Crippen molar-refractivity contribution in [2.75, 3.05) is 0 Å². The Morgan fingerprint density at radius 1 is 0.319 bits per heavy atom. The molecule has 0 bridgehead atoms. The molecule has 0 fully saturated rings. The van der Waals surface area contributed by atoms with Crippen LogP contribution < -0.4 is 0 Å². The Bertz CT molecular complexity index is 2390. The Morgan fingerprint density at radius 2 is 0.660 bits per heavy atom. The number of aryl methyl sites for hydroxylation is 2. The molecule has 0 atom stereocenters. The van der Waals surface area contributed by atoms with Crippen LogP contribution >= 0.6 is 0 Å².